The molecule has 4 rings (SSSR count). The third-order valence-electron chi connectivity index (χ3n) is 4.73. The van der Waals surface area contributed by atoms with Gasteiger partial charge in [-0.3, -0.25) is 4.79 Å². The number of hydrogen-bond acceptors (Lipinski definition) is 4. The van der Waals surface area contributed by atoms with Crippen molar-refractivity contribution < 1.29 is 9.53 Å². The minimum atomic E-state index is -0.202. The predicted octanol–water partition coefficient (Wildman–Crippen LogP) is 5.45. The molecule has 0 bridgehead atoms. The Morgan fingerprint density at radius 3 is 2.40 bits per heavy atom. The molecule has 0 aliphatic heterocycles. The lowest BCUT2D eigenvalue weighted by atomic mass is 10.1. The topological polar surface area (TPSA) is 69.0 Å². The Labute approximate surface area is 183 Å². The lowest BCUT2D eigenvalue weighted by molar-refractivity contribution is 0.102. The third kappa shape index (κ3) is 4.07. The molecule has 0 saturated carbocycles. The van der Waals surface area contributed by atoms with Gasteiger partial charge in [-0.25, -0.2) is 0 Å². The Bertz CT molecular complexity index is 1230. The van der Waals surface area contributed by atoms with Gasteiger partial charge in [-0.2, -0.15) is 4.80 Å². The quantitative estimate of drug-likeness (QED) is 0.426. The van der Waals surface area contributed by atoms with E-state index in [1.54, 1.807) is 23.0 Å². The highest BCUT2D eigenvalue weighted by Crippen LogP contribution is 2.27. The molecule has 0 atom stereocenters. The summed E-state index contributed by atoms with van der Waals surface area (Å²) in [5, 5.41) is 12.1. The fourth-order valence-electron chi connectivity index (χ4n) is 3.11. The number of benzene rings is 3. The van der Waals surface area contributed by atoms with Crippen LogP contribution in [0.15, 0.2) is 59.1 Å². The van der Waals surface area contributed by atoms with Crippen molar-refractivity contribution in [1.82, 2.24) is 15.0 Å². The van der Waals surface area contributed by atoms with Gasteiger partial charge in [0.05, 0.1) is 16.8 Å². The number of hydrogen-bond donors (Lipinski definition) is 1. The summed E-state index contributed by atoms with van der Waals surface area (Å²) < 4.78 is 6.25. The van der Waals surface area contributed by atoms with Crippen LogP contribution in [0.5, 0.6) is 5.75 Å². The van der Waals surface area contributed by atoms with E-state index in [4.69, 9.17) is 4.74 Å². The van der Waals surface area contributed by atoms with E-state index in [-0.39, 0.29) is 5.91 Å². The van der Waals surface area contributed by atoms with Gasteiger partial charge in [-0.1, -0.05) is 17.7 Å². The number of carbonyl (C=O) groups excluding carboxylic acids is 1. The molecule has 1 N–H and O–H groups in total. The Morgan fingerprint density at radius 2 is 1.73 bits per heavy atom. The molecular formula is C23H21BrN4O2. The van der Waals surface area contributed by atoms with E-state index in [0.29, 0.717) is 29.1 Å². The maximum Gasteiger partial charge on any atom is 0.255 e. The van der Waals surface area contributed by atoms with E-state index in [2.05, 4.69) is 31.4 Å². The first-order chi connectivity index (χ1) is 14.4. The molecule has 3 aromatic carbocycles. The molecule has 1 aromatic heterocycles. The van der Waals surface area contributed by atoms with Crippen LogP contribution in [-0.2, 0) is 0 Å². The van der Waals surface area contributed by atoms with Crippen LogP contribution in [0, 0.1) is 13.8 Å². The summed E-state index contributed by atoms with van der Waals surface area (Å²) in [6.07, 6.45) is 0. The second kappa shape index (κ2) is 8.28. The minimum Gasteiger partial charge on any atom is -0.493 e. The van der Waals surface area contributed by atoms with Crippen molar-refractivity contribution in [2.45, 2.75) is 20.8 Å². The van der Waals surface area contributed by atoms with Gasteiger partial charge in [-0.15, -0.1) is 10.2 Å². The SMILES string of the molecule is CCOc1ccc(C(=O)Nc2cc3nn(-c4ccc(C)cc4)nc3cc2C)cc1Br. The Balaban J connectivity index is 1.61. The molecule has 6 nitrogen and oxygen atoms in total. The Kier molecular flexibility index (Phi) is 5.55. The first-order valence-electron chi connectivity index (χ1n) is 9.63. The smallest absolute Gasteiger partial charge is 0.255 e. The van der Waals surface area contributed by atoms with Crippen LogP contribution in [0.1, 0.15) is 28.4 Å². The van der Waals surface area contributed by atoms with Crippen molar-refractivity contribution in [2.24, 2.45) is 0 Å². The number of rotatable bonds is 5. The second-order valence-electron chi connectivity index (χ2n) is 7.01. The third-order valence-corrected chi connectivity index (χ3v) is 5.35. The summed E-state index contributed by atoms with van der Waals surface area (Å²) in [5.41, 5.74) is 5.70. The van der Waals surface area contributed by atoms with Gasteiger partial charge in [0, 0.05) is 11.3 Å². The standard InChI is InChI=1S/C23H21BrN4O2/c1-4-30-22-10-7-16(12-18(22)24)23(29)25-19-13-21-20(11-15(19)3)26-28(27-21)17-8-5-14(2)6-9-17/h5-13H,4H2,1-3H3,(H,25,29). The van der Waals surface area contributed by atoms with E-state index < -0.39 is 0 Å². The zero-order valence-corrected chi connectivity index (χ0v) is 18.5. The number of aromatic nitrogens is 3. The van der Waals surface area contributed by atoms with Crippen molar-refractivity contribution in [1.29, 1.82) is 0 Å². The lowest BCUT2D eigenvalue weighted by Gasteiger charge is -2.10. The number of halogens is 1. The highest BCUT2D eigenvalue weighted by Gasteiger charge is 2.13. The van der Waals surface area contributed by atoms with E-state index in [1.165, 1.54) is 5.56 Å². The molecule has 1 heterocycles. The summed E-state index contributed by atoms with van der Waals surface area (Å²) in [4.78, 5) is 14.4. The first kappa shape index (κ1) is 20.1. The number of fused-ring (bicyclic) bond motifs is 1. The molecule has 30 heavy (non-hydrogen) atoms. The molecule has 0 saturated heterocycles. The number of carbonyl (C=O) groups is 1. The van der Waals surface area contributed by atoms with Gasteiger partial charge < -0.3 is 10.1 Å². The molecule has 0 aliphatic carbocycles. The van der Waals surface area contributed by atoms with Crippen LogP contribution in [0.25, 0.3) is 16.7 Å². The molecule has 152 valence electrons. The second-order valence-corrected chi connectivity index (χ2v) is 7.87. The highest BCUT2D eigenvalue weighted by atomic mass is 79.9. The number of nitrogens with one attached hydrogen (secondary N) is 1. The van der Waals surface area contributed by atoms with Gasteiger partial charge in [0.2, 0.25) is 0 Å². The van der Waals surface area contributed by atoms with Crippen LogP contribution in [0.3, 0.4) is 0 Å². The largest absolute Gasteiger partial charge is 0.493 e. The fraction of sp³-hybridized carbons (Fsp3) is 0.174. The number of anilines is 1. The summed E-state index contributed by atoms with van der Waals surface area (Å²) in [6.45, 7) is 6.46. The molecule has 0 fully saturated rings. The number of ether oxygens (including phenoxy) is 1. The Hall–Kier alpha value is -3.19. The van der Waals surface area contributed by atoms with Crippen molar-refractivity contribution in [3.8, 4) is 11.4 Å². The zero-order chi connectivity index (χ0) is 21.3. The average Bonchev–Trinajstić information content (AvgIpc) is 3.13. The Morgan fingerprint density at radius 1 is 1.03 bits per heavy atom. The van der Waals surface area contributed by atoms with E-state index in [9.17, 15) is 4.79 Å². The molecule has 0 radical (unpaired) electrons. The molecular weight excluding hydrogens is 444 g/mol. The molecule has 4 aromatic rings. The predicted molar refractivity (Wildman–Crippen MR) is 122 cm³/mol. The van der Waals surface area contributed by atoms with Crippen molar-refractivity contribution in [3.05, 3.63) is 75.8 Å². The summed E-state index contributed by atoms with van der Waals surface area (Å²) in [7, 11) is 0. The molecule has 1 amide bonds. The number of nitrogens with zero attached hydrogens (tertiary/aromatic N) is 3. The summed E-state index contributed by atoms with van der Waals surface area (Å²) in [6, 6.07) is 17.1. The summed E-state index contributed by atoms with van der Waals surface area (Å²) in [5.74, 6) is 0.506. The normalized spacial score (nSPS) is 10.9. The van der Waals surface area contributed by atoms with E-state index in [0.717, 1.165) is 21.2 Å². The highest BCUT2D eigenvalue weighted by molar-refractivity contribution is 9.10. The van der Waals surface area contributed by atoms with Crippen molar-refractivity contribution in [2.75, 3.05) is 11.9 Å². The van der Waals surface area contributed by atoms with Crippen LogP contribution >= 0.6 is 15.9 Å². The molecule has 7 heteroatoms. The van der Waals surface area contributed by atoms with Crippen molar-refractivity contribution >= 4 is 38.6 Å². The average molecular weight is 465 g/mol. The fourth-order valence-corrected chi connectivity index (χ4v) is 3.60. The van der Waals surface area contributed by atoms with E-state index in [1.807, 2.05) is 57.2 Å². The van der Waals surface area contributed by atoms with Crippen molar-refractivity contribution in [3.63, 3.8) is 0 Å². The monoisotopic (exact) mass is 464 g/mol. The molecule has 0 unspecified atom stereocenters. The first-order valence-corrected chi connectivity index (χ1v) is 10.4. The van der Waals surface area contributed by atoms with Gasteiger partial charge >= 0.3 is 0 Å². The van der Waals surface area contributed by atoms with Crippen LogP contribution in [-0.4, -0.2) is 27.5 Å². The maximum absolute atomic E-state index is 12.8. The molecule has 0 spiro atoms. The molecule has 0 aliphatic rings. The zero-order valence-electron chi connectivity index (χ0n) is 16.9. The lowest BCUT2D eigenvalue weighted by Crippen LogP contribution is -2.13. The van der Waals surface area contributed by atoms with Gasteiger partial charge in [0.15, 0.2) is 0 Å². The number of amides is 1. The number of aryl methyl sites for hydroxylation is 2. The van der Waals surface area contributed by atoms with Gasteiger partial charge in [0.1, 0.15) is 16.8 Å². The summed E-state index contributed by atoms with van der Waals surface area (Å²) >= 11 is 3.45. The van der Waals surface area contributed by atoms with Crippen LogP contribution in [0.4, 0.5) is 5.69 Å². The maximum atomic E-state index is 12.8. The van der Waals surface area contributed by atoms with Crippen LogP contribution < -0.4 is 10.1 Å². The minimum absolute atomic E-state index is 0.202. The van der Waals surface area contributed by atoms with Gasteiger partial charge in [-0.05, 0) is 84.7 Å². The van der Waals surface area contributed by atoms with E-state index >= 15 is 0 Å². The van der Waals surface area contributed by atoms with Crippen LogP contribution in [0.2, 0.25) is 0 Å². The van der Waals surface area contributed by atoms with Gasteiger partial charge in [0.25, 0.3) is 5.91 Å².